The Labute approximate surface area is 148 Å². The first kappa shape index (κ1) is 17.5. The van der Waals surface area contributed by atoms with Gasteiger partial charge in [0.15, 0.2) is 0 Å². The summed E-state index contributed by atoms with van der Waals surface area (Å²) in [5.74, 6) is 1.79. The Kier molecular flexibility index (Phi) is 5.38. The molecule has 1 aromatic heterocycles. The van der Waals surface area contributed by atoms with E-state index in [1.165, 1.54) is 0 Å². The van der Waals surface area contributed by atoms with Crippen LogP contribution in [0, 0.1) is 12.8 Å². The molecule has 1 aliphatic heterocycles. The average molecular weight is 343 g/mol. The minimum atomic E-state index is -0.135. The Hall–Kier alpha value is -2.34. The second kappa shape index (κ2) is 7.70. The van der Waals surface area contributed by atoms with Crippen molar-refractivity contribution in [2.45, 2.75) is 25.8 Å². The lowest BCUT2D eigenvalue weighted by Gasteiger charge is -2.30. The third-order valence-corrected chi connectivity index (χ3v) is 4.83. The van der Waals surface area contributed by atoms with Gasteiger partial charge in [-0.3, -0.25) is 4.79 Å². The summed E-state index contributed by atoms with van der Waals surface area (Å²) in [4.78, 5) is 17.3. The largest absolute Gasteiger partial charge is 0.496 e. The molecular weight excluding hydrogens is 318 g/mol. The predicted octanol–water partition coefficient (Wildman–Crippen LogP) is 2.63. The predicted molar refractivity (Wildman–Crippen MR) is 94.7 cm³/mol. The molecule has 1 saturated heterocycles. The molecule has 0 spiro atoms. The Morgan fingerprint density at radius 1 is 1.40 bits per heavy atom. The zero-order valence-corrected chi connectivity index (χ0v) is 15.0. The summed E-state index contributed by atoms with van der Waals surface area (Å²) in [5, 5.41) is 3.18. The van der Waals surface area contributed by atoms with Crippen LogP contribution in [-0.2, 0) is 11.8 Å². The molecule has 134 valence electrons. The summed E-state index contributed by atoms with van der Waals surface area (Å²) in [7, 11) is 3.57. The van der Waals surface area contributed by atoms with E-state index >= 15 is 0 Å². The van der Waals surface area contributed by atoms with Crippen LogP contribution in [0.15, 0.2) is 30.6 Å². The van der Waals surface area contributed by atoms with Crippen LogP contribution in [0.1, 0.15) is 40.6 Å². The van der Waals surface area contributed by atoms with E-state index in [1.807, 2.05) is 36.9 Å². The number of hydrogen-bond donors (Lipinski definition) is 1. The van der Waals surface area contributed by atoms with E-state index in [1.54, 1.807) is 19.4 Å². The molecule has 1 aliphatic rings. The van der Waals surface area contributed by atoms with Crippen LogP contribution in [0.25, 0.3) is 0 Å². The smallest absolute Gasteiger partial charge is 0.252 e. The van der Waals surface area contributed by atoms with E-state index < -0.39 is 0 Å². The number of nitrogens with zero attached hydrogens (tertiary/aromatic N) is 2. The number of rotatable bonds is 5. The van der Waals surface area contributed by atoms with E-state index in [2.05, 4.69) is 10.3 Å². The van der Waals surface area contributed by atoms with Crippen molar-refractivity contribution >= 4 is 5.91 Å². The first-order chi connectivity index (χ1) is 12.1. The van der Waals surface area contributed by atoms with Crippen molar-refractivity contribution in [1.29, 1.82) is 0 Å². The summed E-state index contributed by atoms with van der Waals surface area (Å²) in [6.45, 7) is 3.40. The van der Waals surface area contributed by atoms with Crippen LogP contribution in [0.5, 0.6) is 5.75 Å². The Balaban J connectivity index is 1.84. The number of methoxy groups -OCH3 is 1. The number of aryl methyl sites for hydroxylation is 2. The fourth-order valence-electron chi connectivity index (χ4n) is 3.31. The van der Waals surface area contributed by atoms with Crippen molar-refractivity contribution in [3.8, 4) is 5.75 Å². The van der Waals surface area contributed by atoms with E-state index in [4.69, 9.17) is 9.47 Å². The number of amides is 1. The summed E-state index contributed by atoms with van der Waals surface area (Å²) >= 11 is 0. The van der Waals surface area contributed by atoms with E-state index in [0.29, 0.717) is 17.2 Å². The van der Waals surface area contributed by atoms with Crippen molar-refractivity contribution < 1.29 is 14.3 Å². The van der Waals surface area contributed by atoms with Crippen molar-refractivity contribution in [2.75, 3.05) is 20.3 Å². The number of hydrogen-bond acceptors (Lipinski definition) is 4. The van der Waals surface area contributed by atoms with Gasteiger partial charge in [0.2, 0.25) is 0 Å². The van der Waals surface area contributed by atoms with Crippen molar-refractivity contribution in [3.05, 3.63) is 47.5 Å². The molecule has 1 aromatic carbocycles. The fourth-order valence-corrected chi connectivity index (χ4v) is 3.31. The standard InChI is InChI=1S/C19H25N3O3/c1-13-4-5-15(12-16(13)24-3)19(23)21-17(14-6-10-25-11-7-14)18-20-8-9-22(18)2/h4-5,8-9,12,14,17H,6-7,10-11H2,1-3H3,(H,21,23)/t17-/m0/s1. The maximum Gasteiger partial charge on any atom is 0.252 e. The molecule has 25 heavy (non-hydrogen) atoms. The highest BCUT2D eigenvalue weighted by Crippen LogP contribution is 2.29. The van der Waals surface area contributed by atoms with Crippen LogP contribution in [-0.4, -0.2) is 35.8 Å². The highest BCUT2D eigenvalue weighted by molar-refractivity contribution is 5.95. The van der Waals surface area contributed by atoms with Gasteiger partial charge in [-0.05, 0) is 43.4 Å². The van der Waals surface area contributed by atoms with Crippen LogP contribution in [0.3, 0.4) is 0 Å². The van der Waals surface area contributed by atoms with E-state index in [9.17, 15) is 4.79 Å². The molecule has 0 unspecified atom stereocenters. The molecule has 2 heterocycles. The third kappa shape index (κ3) is 3.85. The first-order valence-electron chi connectivity index (χ1n) is 8.60. The minimum absolute atomic E-state index is 0.113. The lowest BCUT2D eigenvalue weighted by atomic mass is 9.90. The lowest BCUT2D eigenvalue weighted by molar-refractivity contribution is 0.0499. The maximum atomic E-state index is 12.8. The van der Waals surface area contributed by atoms with Gasteiger partial charge in [-0.2, -0.15) is 0 Å². The number of nitrogens with one attached hydrogen (secondary N) is 1. The summed E-state index contributed by atoms with van der Waals surface area (Å²) in [6, 6.07) is 5.37. The number of carbonyl (C=O) groups is 1. The molecule has 6 nitrogen and oxygen atoms in total. The molecule has 1 fully saturated rings. The van der Waals surface area contributed by atoms with Gasteiger partial charge >= 0.3 is 0 Å². The van der Waals surface area contributed by atoms with Crippen molar-refractivity contribution in [2.24, 2.45) is 13.0 Å². The maximum absolute atomic E-state index is 12.8. The Morgan fingerprint density at radius 3 is 2.80 bits per heavy atom. The zero-order chi connectivity index (χ0) is 17.8. The second-order valence-corrected chi connectivity index (χ2v) is 6.48. The second-order valence-electron chi connectivity index (χ2n) is 6.48. The van der Waals surface area contributed by atoms with Crippen LogP contribution in [0.2, 0.25) is 0 Å². The van der Waals surface area contributed by atoms with Gasteiger partial charge in [-0.1, -0.05) is 6.07 Å². The van der Waals surface area contributed by atoms with Gasteiger partial charge in [0.05, 0.1) is 13.2 Å². The highest BCUT2D eigenvalue weighted by atomic mass is 16.5. The van der Waals surface area contributed by atoms with Gasteiger partial charge in [-0.15, -0.1) is 0 Å². The van der Waals surface area contributed by atoms with Gasteiger partial charge in [0.25, 0.3) is 5.91 Å². The SMILES string of the molecule is COc1cc(C(=O)N[C@H](c2nccn2C)C2CCOCC2)ccc1C. The third-order valence-electron chi connectivity index (χ3n) is 4.83. The topological polar surface area (TPSA) is 65.4 Å². The van der Waals surface area contributed by atoms with Crippen molar-refractivity contribution in [1.82, 2.24) is 14.9 Å². The molecule has 3 rings (SSSR count). The Bertz CT molecular complexity index is 735. The first-order valence-corrected chi connectivity index (χ1v) is 8.60. The summed E-state index contributed by atoms with van der Waals surface area (Å²) < 4.78 is 12.8. The molecule has 0 aliphatic carbocycles. The summed E-state index contributed by atoms with van der Waals surface area (Å²) in [5.41, 5.74) is 1.60. The quantitative estimate of drug-likeness (QED) is 0.906. The molecule has 1 atom stereocenters. The van der Waals surface area contributed by atoms with Gasteiger partial charge < -0.3 is 19.4 Å². The molecule has 1 amide bonds. The monoisotopic (exact) mass is 343 g/mol. The van der Waals surface area contributed by atoms with Gasteiger partial charge in [-0.25, -0.2) is 4.98 Å². The minimum Gasteiger partial charge on any atom is -0.496 e. The lowest BCUT2D eigenvalue weighted by Crippen LogP contribution is -2.37. The molecule has 1 N–H and O–H groups in total. The zero-order valence-electron chi connectivity index (χ0n) is 15.0. The number of carbonyl (C=O) groups excluding carboxylic acids is 1. The number of aromatic nitrogens is 2. The summed E-state index contributed by atoms with van der Waals surface area (Å²) in [6.07, 6.45) is 5.50. The number of imidazole rings is 1. The number of ether oxygens (including phenoxy) is 2. The molecule has 6 heteroatoms. The Morgan fingerprint density at radius 2 is 2.16 bits per heavy atom. The fraction of sp³-hybridized carbons (Fsp3) is 0.474. The molecule has 0 bridgehead atoms. The molecule has 2 aromatic rings. The van der Waals surface area contributed by atoms with Crippen LogP contribution < -0.4 is 10.1 Å². The average Bonchev–Trinajstić information content (AvgIpc) is 3.06. The molecule has 0 saturated carbocycles. The van der Waals surface area contributed by atoms with Crippen LogP contribution >= 0.6 is 0 Å². The van der Waals surface area contributed by atoms with Gasteiger partial charge in [0, 0.05) is 38.2 Å². The van der Waals surface area contributed by atoms with Crippen LogP contribution in [0.4, 0.5) is 0 Å². The normalized spacial score (nSPS) is 16.4. The van der Waals surface area contributed by atoms with Crippen molar-refractivity contribution in [3.63, 3.8) is 0 Å². The van der Waals surface area contributed by atoms with E-state index in [-0.39, 0.29) is 11.9 Å². The highest BCUT2D eigenvalue weighted by Gasteiger charge is 2.30. The van der Waals surface area contributed by atoms with Gasteiger partial charge in [0.1, 0.15) is 11.6 Å². The molecule has 0 radical (unpaired) electrons. The van der Waals surface area contributed by atoms with E-state index in [0.717, 1.165) is 37.4 Å². The number of benzene rings is 1. The molecular formula is C19H25N3O3.